The first kappa shape index (κ1) is 13.8. The standard InChI is InChI=1S/C11H17BrN2OS/c1-7(2)9(5-12)6-16-11-13-8(3)4-10(15)14-11/h4,7,9H,5-6H2,1-3H3,(H,13,14,15). The Morgan fingerprint density at radius 1 is 1.56 bits per heavy atom. The van der Waals surface area contributed by atoms with Gasteiger partial charge in [-0.25, -0.2) is 4.98 Å². The first-order chi connectivity index (χ1) is 7.52. The molecule has 0 saturated heterocycles. The zero-order chi connectivity index (χ0) is 12.1. The number of alkyl halides is 1. The van der Waals surface area contributed by atoms with Gasteiger partial charge in [-0.1, -0.05) is 41.5 Å². The monoisotopic (exact) mass is 304 g/mol. The van der Waals surface area contributed by atoms with Crippen LogP contribution in [0.1, 0.15) is 19.5 Å². The van der Waals surface area contributed by atoms with Gasteiger partial charge >= 0.3 is 0 Å². The van der Waals surface area contributed by atoms with Crippen molar-refractivity contribution in [3.8, 4) is 0 Å². The quantitative estimate of drug-likeness (QED) is 0.517. The third-order valence-electron chi connectivity index (χ3n) is 2.42. The van der Waals surface area contributed by atoms with E-state index in [1.165, 1.54) is 6.07 Å². The Hall–Kier alpha value is -0.290. The number of H-pyrrole nitrogens is 1. The Labute approximate surface area is 109 Å². The van der Waals surface area contributed by atoms with E-state index in [0.29, 0.717) is 11.8 Å². The van der Waals surface area contributed by atoms with Gasteiger partial charge in [-0.05, 0) is 18.8 Å². The molecule has 1 heterocycles. The number of aromatic nitrogens is 2. The van der Waals surface area contributed by atoms with Gasteiger partial charge in [-0.3, -0.25) is 4.79 Å². The summed E-state index contributed by atoms with van der Waals surface area (Å²) in [5, 5.41) is 1.70. The van der Waals surface area contributed by atoms with E-state index in [0.717, 1.165) is 21.9 Å². The van der Waals surface area contributed by atoms with E-state index in [9.17, 15) is 4.79 Å². The highest BCUT2D eigenvalue weighted by molar-refractivity contribution is 9.09. The summed E-state index contributed by atoms with van der Waals surface area (Å²) in [6.07, 6.45) is 0. The molecular formula is C11H17BrN2OS. The molecule has 0 radical (unpaired) electrons. The molecule has 1 aromatic rings. The van der Waals surface area contributed by atoms with Crippen molar-refractivity contribution in [2.45, 2.75) is 25.9 Å². The SMILES string of the molecule is Cc1cc(=O)[nH]c(SCC(CBr)C(C)C)n1. The highest BCUT2D eigenvalue weighted by atomic mass is 79.9. The lowest BCUT2D eigenvalue weighted by Crippen LogP contribution is -2.14. The maximum absolute atomic E-state index is 11.2. The van der Waals surface area contributed by atoms with Gasteiger partial charge in [0.05, 0.1) is 0 Å². The lowest BCUT2D eigenvalue weighted by molar-refractivity contribution is 0.474. The predicted molar refractivity (Wildman–Crippen MR) is 72.4 cm³/mol. The molecule has 90 valence electrons. The van der Waals surface area contributed by atoms with Crippen molar-refractivity contribution >= 4 is 27.7 Å². The van der Waals surface area contributed by atoms with E-state index in [1.807, 2.05) is 6.92 Å². The zero-order valence-electron chi connectivity index (χ0n) is 9.79. The average molecular weight is 305 g/mol. The lowest BCUT2D eigenvalue weighted by atomic mass is 10.0. The molecule has 0 fully saturated rings. The fourth-order valence-corrected chi connectivity index (χ4v) is 3.76. The van der Waals surface area contributed by atoms with Crippen LogP contribution in [-0.2, 0) is 0 Å². The Bertz CT molecular complexity index is 392. The average Bonchev–Trinajstić information content (AvgIpc) is 2.16. The van der Waals surface area contributed by atoms with Crippen LogP contribution in [-0.4, -0.2) is 21.1 Å². The Kier molecular flexibility index (Phi) is 5.55. The highest BCUT2D eigenvalue weighted by Gasteiger charge is 2.13. The van der Waals surface area contributed by atoms with Crippen LogP contribution in [0.4, 0.5) is 0 Å². The van der Waals surface area contributed by atoms with Crippen LogP contribution >= 0.6 is 27.7 Å². The highest BCUT2D eigenvalue weighted by Crippen LogP contribution is 2.22. The minimum absolute atomic E-state index is 0.0741. The molecule has 1 aromatic heterocycles. The second-order valence-corrected chi connectivity index (χ2v) is 5.82. The zero-order valence-corrected chi connectivity index (χ0v) is 12.2. The van der Waals surface area contributed by atoms with Crippen LogP contribution in [0.2, 0.25) is 0 Å². The van der Waals surface area contributed by atoms with E-state index in [4.69, 9.17) is 0 Å². The molecule has 16 heavy (non-hydrogen) atoms. The van der Waals surface area contributed by atoms with Crippen LogP contribution in [0.15, 0.2) is 16.0 Å². The molecule has 5 heteroatoms. The summed E-state index contributed by atoms with van der Waals surface area (Å²) in [5.74, 6) is 2.19. The fourth-order valence-electron chi connectivity index (χ4n) is 1.22. The Morgan fingerprint density at radius 2 is 2.25 bits per heavy atom. The summed E-state index contributed by atoms with van der Waals surface area (Å²) in [4.78, 5) is 18.3. The van der Waals surface area contributed by atoms with Crippen molar-refractivity contribution in [1.29, 1.82) is 0 Å². The first-order valence-corrected chi connectivity index (χ1v) is 7.40. The summed E-state index contributed by atoms with van der Waals surface area (Å²) >= 11 is 5.13. The Balaban J connectivity index is 2.63. The van der Waals surface area contributed by atoms with Gasteiger partial charge in [0.2, 0.25) is 0 Å². The second-order valence-electron chi connectivity index (χ2n) is 4.16. The molecule has 0 aromatic carbocycles. The summed E-state index contributed by atoms with van der Waals surface area (Å²) in [5.41, 5.74) is 0.695. The molecule has 1 rings (SSSR count). The number of aromatic amines is 1. The van der Waals surface area contributed by atoms with Gasteiger partial charge < -0.3 is 4.98 Å². The molecule has 0 bridgehead atoms. The number of nitrogens with one attached hydrogen (secondary N) is 1. The smallest absolute Gasteiger partial charge is 0.251 e. The predicted octanol–water partition coefficient (Wildman–Crippen LogP) is 2.84. The summed E-state index contributed by atoms with van der Waals surface area (Å²) in [6, 6.07) is 1.51. The topological polar surface area (TPSA) is 45.8 Å². The van der Waals surface area contributed by atoms with Crippen molar-refractivity contribution in [2.24, 2.45) is 11.8 Å². The number of halogens is 1. The first-order valence-electron chi connectivity index (χ1n) is 5.29. The van der Waals surface area contributed by atoms with Gasteiger partial charge in [-0.2, -0.15) is 0 Å². The van der Waals surface area contributed by atoms with Crippen molar-refractivity contribution in [3.05, 3.63) is 22.1 Å². The van der Waals surface area contributed by atoms with Gasteiger partial charge in [0.25, 0.3) is 5.56 Å². The van der Waals surface area contributed by atoms with Crippen LogP contribution in [0.3, 0.4) is 0 Å². The molecule has 0 aliphatic rings. The fraction of sp³-hybridized carbons (Fsp3) is 0.636. The number of hydrogen-bond acceptors (Lipinski definition) is 3. The molecular weight excluding hydrogens is 288 g/mol. The number of rotatable bonds is 5. The summed E-state index contributed by atoms with van der Waals surface area (Å²) in [7, 11) is 0. The lowest BCUT2D eigenvalue weighted by Gasteiger charge is -2.16. The van der Waals surface area contributed by atoms with Gasteiger partial charge in [0.1, 0.15) is 0 Å². The van der Waals surface area contributed by atoms with Crippen molar-refractivity contribution in [3.63, 3.8) is 0 Å². The summed E-state index contributed by atoms with van der Waals surface area (Å²) < 4.78 is 0. The van der Waals surface area contributed by atoms with Gasteiger partial charge in [0, 0.05) is 22.8 Å². The third kappa shape index (κ3) is 4.29. The molecule has 0 aliphatic carbocycles. The van der Waals surface area contributed by atoms with Crippen molar-refractivity contribution in [2.75, 3.05) is 11.1 Å². The van der Waals surface area contributed by atoms with Gasteiger partial charge in [-0.15, -0.1) is 0 Å². The number of hydrogen-bond donors (Lipinski definition) is 1. The molecule has 1 unspecified atom stereocenters. The van der Waals surface area contributed by atoms with E-state index < -0.39 is 0 Å². The maximum Gasteiger partial charge on any atom is 0.251 e. The van der Waals surface area contributed by atoms with Gasteiger partial charge in [0.15, 0.2) is 5.16 Å². The molecule has 3 nitrogen and oxygen atoms in total. The minimum Gasteiger partial charge on any atom is -0.301 e. The Morgan fingerprint density at radius 3 is 2.75 bits per heavy atom. The van der Waals surface area contributed by atoms with E-state index >= 15 is 0 Å². The number of nitrogens with zero attached hydrogens (tertiary/aromatic N) is 1. The van der Waals surface area contributed by atoms with E-state index in [-0.39, 0.29) is 5.56 Å². The minimum atomic E-state index is -0.0741. The molecule has 1 atom stereocenters. The van der Waals surface area contributed by atoms with Crippen molar-refractivity contribution < 1.29 is 0 Å². The van der Waals surface area contributed by atoms with Crippen LogP contribution < -0.4 is 5.56 Å². The van der Waals surface area contributed by atoms with E-state index in [1.54, 1.807) is 11.8 Å². The third-order valence-corrected chi connectivity index (χ3v) is 4.32. The number of aryl methyl sites for hydroxylation is 1. The van der Waals surface area contributed by atoms with Crippen LogP contribution in [0, 0.1) is 18.8 Å². The van der Waals surface area contributed by atoms with E-state index in [2.05, 4.69) is 39.7 Å². The van der Waals surface area contributed by atoms with Crippen LogP contribution in [0.25, 0.3) is 0 Å². The maximum atomic E-state index is 11.2. The largest absolute Gasteiger partial charge is 0.301 e. The molecule has 0 amide bonds. The molecule has 0 aliphatic heterocycles. The summed E-state index contributed by atoms with van der Waals surface area (Å²) in [6.45, 7) is 6.25. The normalized spacial score (nSPS) is 13.1. The number of thioether (sulfide) groups is 1. The molecule has 0 spiro atoms. The molecule has 1 N–H and O–H groups in total. The van der Waals surface area contributed by atoms with Crippen LogP contribution in [0.5, 0.6) is 0 Å². The molecule has 0 saturated carbocycles. The second kappa shape index (κ2) is 6.45. The van der Waals surface area contributed by atoms with Crippen molar-refractivity contribution in [1.82, 2.24) is 9.97 Å².